The number of aromatic nitrogens is 2. The van der Waals surface area contributed by atoms with Gasteiger partial charge in [-0.25, -0.2) is 4.39 Å². The predicted octanol–water partition coefficient (Wildman–Crippen LogP) is 5.85. The van der Waals surface area contributed by atoms with Gasteiger partial charge in [0.15, 0.2) is 0 Å². The number of hydrogen-bond donors (Lipinski definition) is 1. The molecule has 1 saturated carbocycles. The number of anilines is 1. The van der Waals surface area contributed by atoms with Crippen LogP contribution in [-0.4, -0.2) is 87.4 Å². The Labute approximate surface area is 261 Å². The minimum Gasteiger partial charge on any atom is -0.508 e. The standard InChI is InChI=1S/C34H37ClFN5O3/c1-2-31(43)41-23-6-7-24(41)18-39(17-23)33-27-15-37-29(26-12-25(42)13-28(35)32(26)20-4-5-20)10-21(27)11-30(38-33)44-19-34-8-3-9-40(34)16-22(36)14-34/h2,10-13,15,20,22-24,42H,1,3-9,14,16-19H2/t22-,23?,24?,34+/m1/s1. The van der Waals surface area contributed by atoms with E-state index < -0.39 is 6.17 Å². The van der Waals surface area contributed by atoms with E-state index in [-0.39, 0.29) is 29.3 Å². The molecular formula is C34H37ClFN5O3. The number of ether oxygens (including phenoxy) is 1. The molecule has 1 amide bonds. The van der Waals surface area contributed by atoms with E-state index in [9.17, 15) is 14.3 Å². The summed E-state index contributed by atoms with van der Waals surface area (Å²) in [6.45, 7) is 6.82. The van der Waals surface area contributed by atoms with Crippen LogP contribution in [0, 0.1) is 0 Å². The number of hydrogen-bond acceptors (Lipinski definition) is 7. The third kappa shape index (κ3) is 4.70. The molecule has 8 rings (SSSR count). The molecule has 230 valence electrons. The highest BCUT2D eigenvalue weighted by Crippen LogP contribution is 2.49. The van der Waals surface area contributed by atoms with Gasteiger partial charge in [-0.05, 0) is 86.2 Å². The smallest absolute Gasteiger partial charge is 0.246 e. The van der Waals surface area contributed by atoms with Crippen LogP contribution in [0.5, 0.6) is 11.6 Å². The molecule has 4 aliphatic heterocycles. The van der Waals surface area contributed by atoms with Crippen molar-refractivity contribution in [2.24, 2.45) is 0 Å². The summed E-state index contributed by atoms with van der Waals surface area (Å²) >= 11 is 6.64. The number of halogens is 2. The van der Waals surface area contributed by atoms with Gasteiger partial charge in [0.05, 0.1) is 11.2 Å². The van der Waals surface area contributed by atoms with Crippen molar-refractivity contribution in [1.82, 2.24) is 19.8 Å². The number of benzene rings is 1. The fourth-order valence-electron chi connectivity index (χ4n) is 8.37. The van der Waals surface area contributed by atoms with Crippen molar-refractivity contribution in [2.45, 2.75) is 74.7 Å². The van der Waals surface area contributed by atoms with Crippen LogP contribution in [0.15, 0.2) is 43.1 Å². The highest BCUT2D eigenvalue weighted by atomic mass is 35.5. The van der Waals surface area contributed by atoms with Gasteiger partial charge < -0.3 is 19.6 Å². The Morgan fingerprint density at radius 2 is 1.95 bits per heavy atom. The molecule has 5 fully saturated rings. The lowest BCUT2D eigenvalue weighted by Crippen LogP contribution is -2.55. The number of alkyl halides is 1. The van der Waals surface area contributed by atoms with E-state index in [1.165, 1.54) is 6.08 Å². The first-order valence-electron chi connectivity index (χ1n) is 15.9. The molecule has 5 aliphatic rings. The SMILES string of the molecule is C=CC(=O)N1C2CCC1CN(c1nc(OC[C@@]34CCCN3C[C@H](F)C4)cc3cc(-c4cc(O)cc(Cl)c4C4CC4)ncc13)C2. The highest BCUT2D eigenvalue weighted by molar-refractivity contribution is 6.32. The molecule has 1 aliphatic carbocycles. The summed E-state index contributed by atoms with van der Waals surface area (Å²) in [6.07, 6.45) is 8.94. The van der Waals surface area contributed by atoms with Crippen LogP contribution < -0.4 is 9.64 Å². The van der Waals surface area contributed by atoms with Crippen molar-refractivity contribution in [3.63, 3.8) is 0 Å². The Kier molecular flexibility index (Phi) is 6.75. The number of pyridine rings is 2. The van der Waals surface area contributed by atoms with Crippen LogP contribution in [0.25, 0.3) is 22.0 Å². The summed E-state index contributed by atoms with van der Waals surface area (Å²) in [4.78, 5) is 29.1. The quantitative estimate of drug-likeness (QED) is 0.333. The number of rotatable bonds is 7. The van der Waals surface area contributed by atoms with Gasteiger partial charge in [-0.15, -0.1) is 0 Å². The first-order valence-corrected chi connectivity index (χ1v) is 16.2. The van der Waals surface area contributed by atoms with Crippen LogP contribution in [-0.2, 0) is 4.79 Å². The molecule has 2 aromatic heterocycles. The zero-order chi connectivity index (χ0) is 30.2. The van der Waals surface area contributed by atoms with E-state index in [0.29, 0.717) is 49.5 Å². The van der Waals surface area contributed by atoms with Crippen LogP contribution >= 0.6 is 11.6 Å². The maximum absolute atomic E-state index is 14.5. The topological polar surface area (TPSA) is 82.0 Å². The maximum atomic E-state index is 14.5. The normalized spacial score (nSPS) is 28.1. The van der Waals surface area contributed by atoms with Gasteiger partial charge in [-0.2, -0.15) is 4.98 Å². The lowest BCUT2D eigenvalue weighted by molar-refractivity contribution is -0.129. The average Bonchev–Trinajstić information content (AvgIpc) is 3.62. The Bertz CT molecular complexity index is 1650. The number of fused-ring (bicyclic) bond motifs is 4. The molecule has 1 N–H and O–H groups in total. The fourth-order valence-corrected chi connectivity index (χ4v) is 8.74. The van der Waals surface area contributed by atoms with Crippen molar-refractivity contribution in [2.75, 3.05) is 37.7 Å². The number of nitrogens with zero attached hydrogens (tertiary/aromatic N) is 5. The van der Waals surface area contributed by atoms with Crippen LogP contribution in [0.2, 0.25) is 5.02 Å². The Balaban J connectivity index is 1.19. The summed E-state index contributed by atoms with van der Waals surface area (Å²) < 4.78 is 21.0. The summed E-state index contributed by atoms with van der Waals surface area (Å²) in [5.74, 6) is 1.75. The Morgan fingerprint density at radius 3 is 2.70 bits per heavy atom. The number of phenolic OH excluding ortho intramolecular Hbond substituents is 1. The molecule has 44 heavy (non-hydrogen) atoms. The second-order valence-corrected chi connectivity index (χ2v) is 13.7. The van der Waals surface area contributed by atoms with Crippen molar-refractivity contribution >= 4 is 34.1 Å². The number of aromatic hydroxyl groups is 1. The van der Waals surface area contributed by atoms with Crippen LogP contribution in [0.3, 0.4) is 0 Å². The Hall–Kier alpha value is -3.43. The van der Waals surface area contributed by atoms with Gasteiger partial charge in [-0.1, -0.05) is 18.2 Å². The molecule has 6 heterocycles. The fraction of sp³-hybridized carbons (Fsp3) is 0.500. The van der Waals surface area contributed by atoms with Crippen LogP contribution in [0.1, 0.15) is 56.4 Å². The van der Waals surface area contributed by atoms with Gasteiger partial charge in [0.2, 0.25) is 11.8 Å². The number of carbonyl (C=O) groups is 1. The second kappa shape index (κ2) is 10.6. The molecule has 10 heteroatoms. The number of carbonyl (C=O) groups excluding carboxylic acids is 1. The van der Waals surface area contributed by atoms with Crippen molar-refractivity contribution < 1.29 is 19.0 Å². The Morgan fingerprint density at radius 1 is 1.16 bits per heavy atom. The third-order valence-electron chi connectivity index (χ3n) is 10.5. The van der Waals surface area contributed by atoms with E-state index in [1.54, 1.807) is 12.1 Å². The van der Waals surface area contributed by atoms with Gasteiger partial charge in [0.1, 0.15) is 24.3 Å². The molecule has 2 unspecified atom stereocenters. The molecule has 4 atom stereocenters. The molecule has 4 saturated heterocycles. The van der Waals surface area contributed by atoms with E-state index in [0.717, 1.165) is 78.5 Å². The first-order chi connectivity index (χ1) is 21.3. The van der Waals surface area contributed by atoms with Crippen LogP contribution in [0.4, 0.5) is 10.2 Å². The number of phenols is 1. The summed E-state index contributed by atoms with van der Waals surface area (Å²) in [6, 6.07) is 7.53. The number of piperazine rings is 1. The highest BCUT2D eigenvalue weighted by Gasteiger charge is 2.49. The average molecular weight is 618 g/mol. The van der Waals surface area contributed by atoms with Crippen molar-refractivity contribution in [3.05, 3.63) is 53.7 Å². The monoisotopic (exact) mass is 617 g/mol. The zero-order valence-electron chi connectivity index (χ0n) is 24.7. The third-order valence-corrected chi connectivity index (χ3v) is 10.8. The molecule has 0 spiro atoms. The molecule has 2 bridgehead atoms. The summed E-state index contributed by atoms with van der Waals surface area (Å²) in [5, 5.41) is 12.8. The minimum atomic E-state index is -0.826. The lowest BCUT2D eigenvalue weighted by atomic mass is 9.95. The van der Waals surface area contributed by atoms with E-state index >= 15 is 0 Å². The van der Waals surface area contributed by atoms with Gasteiger partial charge in [-0.3, -0.25) is 14.7 Å². The molecule has 8 nitrogen and oxygen atoms in total. The lowest BCUT2D eigenvalue weighted by Gasteiger charge is -2.41. The van der Waals surface area contributed by atoms with Gasteiger partial charge in [0, 0.05) is 66.4 Å². The molecule has 1 aromatic carbocycles. The van der Waals surface area contributed by atoms with E-state index in [4.69, 9.17) is 26.3 Å². The summed E-state index contributed by atoms with van der Waals surface area (Å²) in [5.41, 5.74) is 2.32. The van der Waals surface area contributed by atoms with E-state index in [1.807, 2.05) is 23.2 Å². The summed E-state index contributed by atoms with van der Waals surface area (Å²) in [7, 11) is 0. The van der Waals surface area contributed by atoms with Gasteiger partial charge >= 0.3 is 0 Å². The molecule has 0 radical (unpaired) electrons. The zero-order valence-corrected chi connectivity index (χ0v) is 25.5. The number of amides is 1. The van der Waals surface area contributed by atoms with Gasteiger partial charge in [0.25, 0.3) is 0 Å². The predicted molar refractivity (Wildman–Crippen MR) is 168 cm³/mol. The maximum Gasteiger partial charge on any atom is 0.246 e. The minimum absolute atomic E-state index is 0.0160. The van der Waals surface area contributed by atoms with Crippen molar-refractivity contribution in [3.8, 4) is 22.9 Å². The first kappa shape index (κ1) is 28.1. The molecular weight excluding hydrogens is 581 g/mol. The molecule has 3 aromatic rings. The van der Waals surface area contributed by atoms with E-state index in [2.05, 4.69) is 16.4 Å². The van der Waals surface area contributed by atoms with Crippen molar-refractivity contribution in [1.29, 1.82) is 0 Å². The second-order valence-electron chi connectivity index (χ2n) is 13.3. The largest absolute Gasteiger partial charge is 0.508 e.